The second kappa shape index (κ2) is 7.49. The molecule has 0 aliphatic heterocycles. The summed E-state index contributed by atoms with van der Waals surface area (Å²) in [4.78, 5) is 25.0. The van der Waals surface area contributed by atoms with Gasteiger partial charge in [-0.2, -0.15) is 0 Å². The summed E-state index contributed by atoms with van der Waals surface area (Å²) >= 11 is 1.36. The van der Waals surface area contributed by atoms with Gasteiger partial charge in [0.25, 0.3) is 5.91 Å². The van der Waals surface area contributed by atoms with E-state index in [0.717, 1.165) is 16.5 Å². The highest BCUT2D eigenvalue weighted by Crippen LogP contribution is 2.26. The van der Waals surface area contributed by atoms with Crippen LogP contribution in [0.5, 0.6) is 0 Å². The fourth-order valence-electron chi connectivity index (χ4n) is 2.42. The molecule has 25 heavy (non-hydrogen) atoms. The van der Waals surface area contributed by atoms with Gasteiger partial charge >= 0.3 is 5.97 Å². The molecule has 0 fully saturated rings. The lowest BCUT2D eigenvalue weighted by Crippen LogP contribution is -2.29. The number of benzene rings is 2. The van der Waals surface area contributed by atoms with Gasteiger partial charge in [0.1, 0.15) is 4.88 Å². The summed E-state index contributed by atoms with van der Waals surface area (Å²) in [5, 5.41) is 3.76. The molecule has 128 valence electrons. The van der Waals surface area contributed by atoms with E-state index in [2.05, 4.69) is 12.2 Å². The van der Waals surface area contributed by atoms with Crippen molar-refractivity contribution in [2.45, 2.75) is 26.4 Å². The zero-order chi connectivity index (χ0) is 17.8. The number of fused-ring (bicyclic) bond motifs is 1. The van der Waals surface area contributed by atoms with Crippen LogP contribution in [0, 0.1) is 0 Å². The summed E-state index contributed by atoms with van der Waals surface area (Å²) in [6.45, 7) is 3.64. The van der Waals surface area contributed by atoms with E-state index in [-0.39, 0.29) is 5.91 Å². The van der Waals surface area contributed by atoms with E-state index in [0.29, 0.717) is 10.6 Å². The number of carbonyl (C=O) groups is 2. The van der Waals surface area contributed by atoms with Crippen LogP contribution >= 0.6 is 11.3 Å². The molecule has 0 unspecified atom stereocenters. The third-order valence-corrected chi connectivity index (χ3v) is 5.01. The Morgan fingerprint density at radius 2 is 1.84 bits per heavy atom. The van der Waals surface area contributed by atoms with Crippen molar-refractivity contribution in [1.29, 1.82) is 0 Å². The normalized spacial score (nSPS) is 11.9. The van der Waals surface area contributed by atoms with Gasteiger partial charge in [-0.25, -0.2) is 4.79 Å². The Labute approximate surface area is 150 Å². The van der Waals surface area contributed by atoms with Crippen LogP contribution in [0.15, 0.2) is 54.6 Å². The Hall–Kier alpha value is -2.66. The molecule has 0 spiro atoms. The molecule has 1 atom stereocenters. The van der Waals surface area contributed by atoms with Gasteiger partial charge in [-0.05, 0) is 48.6 Å². The molecule has 5 heteroatoms. The molecule has 0 bridgehead atoms. The predicted molar refractivity (Wildman–Crippen MR) is 101 cm³/mol. The number of nitrogens with one attached hydrogen (secondary N) is 1. The molecule has 3 rings (SSSR count). The quantitative estimate of drug-likeness (QED) is 0.680. The zero-order valence-corrected chi connectivity index (χ0v) is 14.9. The summed E-state index contributed by atoms with van der Waals surface area (Å²) in [6, 6.07) is 17.1. The lowest BCUT2D eigenvalue weighted by atomic mass is 10.1. The van der Waals surface area contributed by atoms with E-state index in [1.54, 1.807) is 13.0 Å². The number of thiophene rings is 1. The van der Waals surface area contributed by atoms with Crippen molar-refractivity contribution >= 4 is 39.0 Å². The summed E-state index contributed by atoms with van der Waals surface area (Å²) < 4.78 is 6.32. The summed E-state index contributed by atoms with van der Waals surface area (Å²) in [5.41, 5.74) is 1.88. The maximum absolute atomic E-state index is 12.3. The van der Waals surface area contributed by atoms with Crippen molar-refractivity contribution < 1.29 is 14.3 Å². The molecule has 0 aliphatic carbocycles. The van der Waals surface area contributed by atoms with E-state index in [1.807, 2.05) is 48.5 Å². The lowest BCUT2D eigenvalue weighted by Gasteiger charge is -2.13. The average molecular weight is 353 g/mol. The van der Waals surface area contributed by atoms with Gasteiger partial charge in [-0.3, -0.25) is 4.79 Å². The van der Waals surface area contributed by atoms with Crippen molar-refractivity contribution in [2.75, 3.05) is 5.32 Å². The minimum Gasteiger partial charge on any atom is -0.448 e. The smallest absolute Gasteiger partial charge is 0.349 e. The number of rotatable bonds is 5. The van der Waals surface area contributed by atoms with Gasteiger partial charge in [0.15, 0.2) is 6.10 Å². The van der Waals surface area contributed by atoms with Crippen molar-refractivity contribution in [2.24, 2.45) is 0 Å². The first-order valence-corrected chi connectivity index (χ1v) is 8.98. The van der Waals surface area contributed by atoms with Crippen molar-refractivity contribution in [3.8, 4) is 0 Å². The number of anilines is 1. The van der Waals surface area contributed by atoms with E-state index in [4.69, 9.17) is 4.74 Å². The van der Waals surface area contributed by atoms with E-state index < -0.39 is 12.1 Å². The number of aryl methyl sites for hydroxylation is 1. The summed E-state index contributed by atoms with van der Waals surface area (Å²) in [7, 11) is 0. The van der Waals surface area contributed by atoms with E-state index in [1.165, 1.54) is 16.9 Å². The van der Waals surface area contributed by atoms with Gasteiger partial charge < -0.3 is 10.1 Å². The molecular formula is C20H19NO3S. The topological polar surface area (TPSA) is 55.4 Å². The van der Waals surface area contributed by atoms with Crippen LogP contribution < -0.4 is 5.32 Å². The van der Waals surface area contributed by atoms with Gasteiger partial charge in [0, 0.05) is 10.4 Å². The minimum atomic E-state index is -0.872. The first-order valence-electron chi connectivity index (χ1n) is 8.16. The van der Waals surface area contributed by atoms with Gasteiger partial charge in [-0.1, -0.05) is 37.3 Å². The number of esters is 1. The van der Waals surface area contributed by atoms with E-state index in [9.17, 15) is 9.59 Å². The number of hydrogen-bond donors (Lipinski definition) is 1. The Morgan fingerprint density at radius 1 is 1.12 bits per heavy atom. The molecular weight excluding hydrogens is 334 g/mol. The van der Waals surface area contributed by atoms with Crippen LogP contribution in [0.3, 0.4) is 0 Å². The highest BCUT2D eigenvalue weighted by atomic mass is 32.1. The molecule has 0 saturated heterocycles. The average Bonchev–Trinajstić information content (AvgIpc) is 3.06. The van der Waals surface area contributed by atoms with Crippen LogP contribution in [0.25, 0.3) is 10.1 Å². The molecule has 3 aromatic rings. The van der Waals surface area contributed by atoms with Crippen LogP contribution in [0.1, 0.15) is 29.1 Å². The third-order valence-electron chi connectivity index (χ3n) is 3.91. The van der Waals surface area contributed by atoms with Crippen molar-refractivity contribution in [3.63, 3.8) is 0 Å². The second-order valence-electron chi connectivity index (χ2n) is 5.74. The molecule has 1 heterocycles. The minimum absolute atomic E-state index is 0.348. The lowest BCUT2D eigenvalue weighted by molar-refractivity contribution is -0.123. The molecule has 2 aromatic carbocycles. The van der Waals surface area contributed by atoms with Gasteiger partial charge in [0.05, 0.1) is 0 Å². The molecule has 0 aliphatic rings. The molecule has 1 amide bonds. The molecule has 1 N–H and O–H groups in total. The Balaban J connectivity index is 1.62. The SMILES string of the molecule is CCc1ccc(NC(=O)[C@@H](C)OC(=O)c2cc3ccccc3s2)cc1. The zero-order valence-electron chi connectivity index (χ0n) is 14.1. The van der Waals surface area contributed by atoms with Gasteiger partial charge in [0.2, 0.25) is 0 Å². The molecule has 0 saturated carbocycles. The van der Waals surface area contributed by atoms with Crippen LogP contribution in [0.2, 0.25) is 0 Å². The number of amides is 1. The van der Waals surface area contributed by atoms with Crippen LogP contribution in [-0.2, 0) is 16.0 Å². The fraction of sp³-hybridized carbons (Fsp3) is 0.200. The Kier molecular flexibility index (Phi) is 5.14. The summed E-state index contributed by atoms with van der Waals surface area (Å²) in [6.07, 6.45) is 0.0702. The largest absolute Gasteiger partial charge is 0.448 e. The number of hydrogen-bond acceptors (Lipinski definition) is 4. The van der Waals surface area contributed by atoms with E-state index >= 15 is 0 Å². The standard InChI is InChI=1S/C20H19NO3S/c1-3-14-8-10-16(11-9-14)21-19(22)13(2)24-20(23)18-12-15-6-4-5-7-17(15)25-18/h4-13H,3H2,1-2H3,(H,21,22)/t13-/m1/s1. The molecule has 1 aromatic heterocycles. The predicted octanol–water partition coefficient (Wildman–Crippen LogP) is 4.65. The Bertz CT molecular complexity index is 866. The fourth-order valence-corrected chi connectivity index (χ4v) is 3.37. The highest BCUT2D eigenvalue weighted by Gasteiger charge is 2.20. The van der Waals surface area contributed by atoms with Crippen molar-refractivity contribution in [1.82, 2.24) is 0 Å². The Morgan fingerprint density at radius 3 is 2.52 bits per heavy atom. The highest BCUT2D eigenvalue weighted by molar-refractivity contribution is 7.20. The maximum Gasteiger partial charge on any atom is 0.349 e. The molecule has 4 nitrogen and oxygen atoms in total. The second-order valence-corrected chi connectivity index (χ2v) is 6.82. The summed E-state index contributed by atoms with van der Waals surface area (Å²) in [5.74, 6) is -0.830. The van der Waals surface area contributed by atoms with Crippen LogP contribution in [-0.4, -0.2) is 18.0 Å². The molecule has 0 radical (unpaired) electrons. The van der Waals surface area contributed by atoms with Crippen molar-refractivity contribution in [3.05, 3.63) is 65.0 Å². The van der Waals surface area contributed by atoms with Crippen LogP contribution in [0.4, 0.5) is 5.69 Å². The van der Waals surface area contributed by atoms with Gasteiger partial charge in [-0.15, -0.1) is 11.3 Å². The third kappa shape index (κ3) is 4.06. The monoisotopic (exact) mass is 353 g/mol. The maximum atomic E-state index is 12.3. The first kappa shape index (κ1) is 17.2. The number of ether oxygens (including phenoxy) is 1. The number of carbonyl (C=O) groups excluding carboxylic acids is 2. The first-order chi connectivity index (χ1) is 12.1.